The van der Waals surface area contributed by atoms with Crippen LogP contribution in [0.25, 0.3) is 0 Å². The number of nitrogens with zero attached hydrogens (tertiary/aromatic N) is 2. The van der Waals surface area contributed by atoms with E-state index in [0.717, 1.165) is 11.3 Å². The van der Waals surface area contributed by atoms with Crippen molar-refractivity contribution >= 4 is 17.8 Å². The van der Waals surface area contributed by atoms with Crippen LogP contribution in [0, 0.1) is 0 Å². The van der Waals surface area contributed by atoms with E-state index in [-0.39, 0.29) is 19.0 Å². The van der Waals surface area contributed by atoms with E-state index in [1.165, 1.54) is 4.90 Å². The second kappa shape index (κ2) is 4.80. The van der Waals surface area contributed by atoms with Crippen molar-refractivity contribution in [2.24, 2.45) is 0 Å². The molecule has 2 fully saturated rings. The Morgan fingerprint density at radius 1 is 1.47 bits per heavy atom. The van der Waals surface area contributed by atoms with Crippen molar-refractivity contribution in [2.45, 2.75) is 38.3 Å². The van der Waals surface area contributed by atoms with E-state index in [1.807, 2.05) is 0 Å². The summed E-state index contributed by atoms with van der Waals surface area (Å²) < 4.78 is 0. The van der Waals surface area contributed by atoms with Gasteiger partial charge in [0, 0.05) is 13.1 Å². The highest BCUT2D eigenvalue weighted by atomic mass is 16.3. The summed E-state index contributed by atoms with van der Waals surface area (Å²) in [6.07, 6.45) is 0.899. The summed E-state index contributed by atoms with van der Waals surface area (Å²) in [5, 5.41) is 12.1. The normalized spacial score (nSPS) is 26.6. The van der Waals surface area contributed by atoms with E-state index in [2.05, 4.69) is 5.32 Å². The van der Waals surface area contributed by atoms with Crippen LogP contribution in [-0.2, 0) is 9.59 Å². The quantitative estimate of drug-likeness (QED) is 0.649. The second-order valence-electron chi connectivity index (χ2n) is 5.58. The van der Waals surface area contributed by atoms with Crippen molar-refractivity contribution in [2.75, 3.05) is 19.6 Å². The Morgan fingerprint density at radius 2 is 2.16 bits per heavy atom. The van der Waals surface area contributed by atoms with Crippen molar-refractivity contribution < 1.29 is 19.5 Å². The molecular weight excluding hydrogens is 250 g/mol. The molecule has 2 rings (SSSR count). The number of rotatable bonds is 2. The molecule has 0 aliphatic carbocycles. The predicted octanol–water partition coefficient (Wildman–Crippen LogP) is -0.700. The number of nitrogens with one attached hydrogen (secondary N) is 1. The molecular formula is C12H19N3O4. The summed E-state index contributed by atoms with van der Waals surface area (Å²) in [5.74, 6) is -0.705. The van der Waals surface area contributed by atoms with Gasteiger partial charge in [-0.05, 0) is 26.7 Å². The first-order valence-electron chi connectivity index (χ1n) is 6.41. The van der Waals surface area contributed by atoms with Crippen molar-refractivity contribution in [1.29, 1.82) is 0 Å². The first kappa shape index (κ1) is 13.8. The summed E-state index contributed by atoms with van der Waals surface area (Å²) in [4.78, 5) is 38.1. The lowest BCUT2D eigenvalue weighted by atomic mass is 10.1. The van der Waals surface area contributed by atoms with Crippen molar-refractivity contribution in [1.82, 2.24) is 15.1 Å². The standard InChI is InChI=1S/C12H19N3O4/c1-12(2)10(18)15(11(19)13-12)7-9(17)14-5-3-4-8(16)6-14/h8,16H,3-7H2,1-2H3,(H,13,19)/t8-/m0/s1. The number of imide groups is 1. The molecule has 0 radical (unpaired) electrons. The molecule has 2 saturated heterocycles. The average molecular weight is 269 g/mol. The molecule has 0 aromatic carbocycles. The van der Waals surface area contributed by atoms with Crippen LogP contribution in [0.2, 0.25) is 0 Å². The van der Waals surface area contributed by atoms with Gasteiger partial charge in [0.1, 0.15) is 12.1 Å². The van der Waals surface area contributed by atoms with Gasteiger partial charge in [-0.2, -0.15) is 0 Å². The molecule has 1 atom stereocenters. The van der Waals surface area contributed by atoms with Gasteiger partial charge in [0.25, 0.3) is 5.91 Å². The zero-order chi connectivity index (χ0) is 14.2. The maximum absolute atomic E-state index is 12.0. The Balaban J connectivity index is 1.99. The van der Waals surface area contributed by atoms with Gasteiger partial charge in [-0.1, -0.05) is 0 Å². The molecule has 7 heteroatoms. The monoisotopic (exact) mass is 269 g/mol. The molecule has 106 valence electrons. The summed E-state index contributed by atoms with van der Waals surface area (Å²) in [7, 11) is 0. The van der Waals surface area contributed by atoms with E-state index in [4.69, 9.17) is 0 Å². The largest absolute Gasteiger partial charge is 0.391 e. The summed E-state index contributed by atoms with van der Waals surface area (Å²) in [6, 6.07) is -0.541. The van der Waals surface area contributed by atoms with Gasteiger partial charge in [0.2, 0.25) is 5.91 Å². The molecule has 0 unspecified atom stereocenters. The third-order valence-corrected chi connectivity index (χ3v) is 3.49. The number of piperidine rings is 1. The zero-order valence-electron chi connectivity index (χ0n) is 11.2. The minimum Gasteiger partial charge on any atom is -0.391 e. The number of hydrogen-bond acceptors (Lipinski definition) is 4. The maximum Gasteiger partial charge on any atom is 0.325 e. The fourth-order valence-electron chi connectivity index (χ4n) is 2.38. The number of carbonyl (C=O) groups excluding carboxylic acids is 3. The number of likely N-dealkylation sites (tertiary alicyclic amines) is 1. The lowest BCUT2D eigenvalue weighted by molar-refractivity contribution is -0.140. The lowest BCUT2D eigenvalue weighted by Crippen LogP contribution is -2.48. The van der Waals surface area contributed by atoms with Gasteiger partial charge in [-0.15, -0.1) is 0 Å². The fraction of sp³-hybridized carbons (Fsp3) is 0.750. The third kappa shape index (κ3) is 2.70. The summed E-state index contributed by atoms with van der Waals surface area (Å²) >= 11 is 0. The summed E-state index contributed by atoms with van der Waals surface area (Å²) in [5.41, 5.74) is -0.960. The van der Waals surface area contributed by atoms with Gasteiger partial charge in [0.05, 0.1) is 6.10 Å². The molecule has 2 aliphatic heterocycles. The van der Waals surface area contributed by atoms with Gasteiger partial charge >= 0.3 is 6.03 Å². The van der Waals surface area contributed by atoms with Crippen molar-refractivity contribution in [3.63, 3.8) is 0 Å². The number of urea groups is 1. The van der Waals surface area contributed by atoms with E-state index in [0.29, 0.717) is 13.0 Å². The molecule has 2 aliphatic rings. The number of aliphatic hydroxyl groups is 1. The smallest absolute Gasteiger partial charge is 0.325 e. The zero-order valence-corrected chi connectivity index (χ0v) is 11.2. The van der Waals surface area contributed by atoms with Gasteiger partial charge in [0.15, 0.2) is 0 Å². The molecule has 0 bridgehead atoms. The van der Waals surface area contributed by atoms with Crippen LogP contribution in [0.1, 0.15) is 26.7 Å². The van der Waals surface area contributed by atoms with Crippen LogP contribution in [-0.4, -0.2) is 64.0 Å². The van der Waals surface area contributed by atoms with E-state index < -0.39 is 23.6 Å². The Kier molecular flexibility index (Phi) is 3.49. The molecule has 4 amide bonds. The first-order valence-corrected chi connectivity index (χ1v) is 6.41. The van der Waals surface area contributed by atoms with Gasteiger partial charge in [-0.25, -0.2) is 4.79 Å². The minimum atomic E-state index is -0.960. The average Bonchev–Trinajstić information content (AvgIpc) is 2.51. The number of amides is 4. The Morgan fingerprint density at radius 3 is 2.68 bits per heavy atom. The molecule has 19 heavy (non-hydrogen) atoms. The van der Waals surface area contributed by atoms with Crippen molar-refractivity contribution in [3.05, 3.63) is 0 Å². The SMILES string of the molecule is CC1(C)NC(=O)N(CC(=O)N2CCC[C@H](O)C2)C1=O. The topological polar surface area (TPSA) is 90.0 Å². The lowest BCUT2D eigenvalue weighted by Gasteiger charge is -2.31. The maximum atomic E-state index is 12.0. The van der Waals surface area contributed by atoms with E-state index >= 15 is 0 Å². The van der Waals surface area contributed by atoms with Gasteiger partial charge in [-0.3, -0.25) is 14.5 Å². The molecule has 0 saturated carbocycles. The van der Waals surface area contributed by atoms with Crippen LogP contribution < -0.4 is 5.32 Å². The first-order chi connectivity index (χ1) is 8.81. The molecule has 0 spiro atoms. The van der Waals surface area contributed by atoms with Crippen molar-refractivity contribution in [3.8, 4) is 0 Å². The number of carbonyl (C=O) groups is 3. The van der Waals surface area contributed by atoms with Crippen LogP contribution in [0.3, 0.4) is 0 Å². The fourth-order valence-corrected chi connectivity index (χ4v) is 2.38. The second-order valence-corrected chi connectivity index (χ2v) is 5.58. The number of aliphatic hydroxyl groups excluding tert-OH is 1. The highest BCUT2D eigenvalue weighted by molar-refractivity contribution is 6.08. The molecule has 7 nitrogen and oxygen atoms in total. The van der Waals surface area contributed by atoms with E-state index in [9.17, 15) is 19.5 Å². The molecule has 2 heterocycles. The van der Waals surface area contributed by atoms with Crippen LogP contribution >= 0.6 is 0 Å². The number of hydrogen-bond donors (Lipinski definition) is 2. The molecule has 0 aromatic heterocycles. The van der Waals surface area contributed by atoms with E-state index in [1.54, 1.807) is 13.8 Å². The van der Waals surface area contributed by atoms with Crippen LogP contribution in [0.5, 0.6) is 0 Å². The molecule has 2 N–H and O–H groups in total. The number of β-amino-alcohol motifs (C(OH)–C–C–N with tert-alkyl or cyclic N) is 1. The predicted molar refractivity (Wildman–Crippen MR) is 66.1 cm³/mol. The van der Waals surface area contributed by atoms with Crippen LogP contribution in [0.15, 0.2) is 0 Å². The highest BCUT2D eigenvalue weighted by Crippen LogP contribution is 2.17. The minimum absolute atomic E-state index is 0.263. The molecule has 0 aromatic rings. The summed E-state index contributed by atoms with van der Waals surface area (Å²) in [6.45, 7) is 3.76. The Labute approximate surface area is 111 Å². The Bertz CT molecular complexity index is 421. The third-order valence-electron chi connectivity index (χ3n) is 3.49. The van der Waals surface area contributed by atoms with Crippen LogP contribution in [0.4, 0.5) is 4.79 Å². The Hall–Kier alpha value is -1.63. The highest BCUT2D eigenvalue weighted by Gasteiger charge is 2.45. The van der Waals surface area contributed by atoms with Gasteiger partial charge < -0.3 is 15.3 Å².